The van der Waals surface area contributed by atoms with Gasteiger partial charge >= 0.3 is 12.1 Å². The van der Waals surface area contributed by atoms with Gasteiger partial charge in [0.2, 0.25) is 0 Å². The van der Waals surface area contributed by atoms with E-state index in [0.717, 1.165) is 34.2 Å². The first-order chi connectivity index (χ1) is 14.7. The number of rotatable bonds is 5. The smallest absolute Gasteiger partial charge is 0.410 e. The minimum absolute atomic E-state index is 0.0362. The highest BCUT2D eigenvalue weighted by Crippen LogP contribution is 2.53. The van der Waals surface area contributed by atoms with Crippen molar-refractivity contribution in [2.24, 2.45) is 5.92 Å². The number of amidine groups is 1. The molecule has 4 rings (SSSR count). The molecule has 0 radical (unpaired) electrons. The van der Waals surface area contributed by atoms with Crippen LogP contribution in [0.25, 0.3) is 22.0 Å². The van der Waals surface area contributed by atoms with Crippen molar-refractivity contribution in [3.63, 3.8) is 0 Å². The van der Waals surface area contributed by atoms with Gasteiger partial charge in [-0.25, -0.2) is 9.59 Å². The largest absolute Gasteiger partial charge is 0.477 e. The second-order valence-corrected chi connectivity index (χ2v) is 8.06. The molecule has 4 N–H and O–H groups in total. The van der Waals surface area contributed by atoms with Crippen LogP contribution in [-0.2, 0) is 12.0 Å². The molecule has 0 aliphatic heterocycles. The van der Waals surface area contributed by atoms with Crippen LogP contribution in [0.3, 0.4) is 0 Å². The van der Waals surface area contributed by atoms with E-state index in [-0.39, 0.29) is 17.4 Å². The van der Waals surface area contributed by atoms with Crippen LogP contribution in [0.4, 0.5) is 4.79 Å². The lowest BCUT2D eigenvalue weighted by molar-refractivity contribution is 0.0684. The van der Waals surface area contributed by atoms with Crippen LogP contribution >= 0.6 is 0 Å². The molecule has 1 fully saturated rings. The highest BCUT2D eigenvalue weighted by Gasteiger charge is 2.58. The Morgan fingerprint density at radius 3 is 2.58 bits per heavy atom. The van der Waals surface area contributed by atoms with E-state index in [4.69, 9.17) is 10.5 Å². The molecule has 1 aliphatic rings. The number of amides is 1. The van der Waals surface area contributed by atoms with Gasteiger partial charge in [-0.15, -0.1) is 0 Å². The summed E-state index contributed by atoms with van der Waals surface area (Å²) in [5, 5.41) is 30.2. The molecule has 0 spiro atoms. The number of carboxylic acid groups (broad SMARTS) is 2. The predicted molar refractivity (Wildman–Crippen MR) is 117 cm³/mol. The van der Waals surface area contributed by atoms with Gasteiger partial charge in [0, 0.05) is 22.8 Å². The summed E-state index contributed by atoms with van der Waals surface area (Å²) in [7, 11) is 0. The first kappa shape index (κ1) is 20.6. The molecule has 1 aromatic carbocycles. The third-order valence-corrected chi connectivity index (χ3v) is 6.31. The summed E-state index contributed by atoms with van der Waals surface area (Å²) < 4.78 is 1.61. The minimum Gasteiger partial charge on any atom is -0.477 e. The first-order valence-electron chi connectivity index (χ1n) is 10.1. The zero-order valence-electron chi connectivity index (χ0n) is 17.6. The van der Waals surface area contributed by atoms with E-state index in [0.29, 0.717) is 11.9 Å². The molecule has 0 saturated heterocycles. The van der Waals surface area contributed by atoms with Crippen LogP contribution in [0, 0.1) is 18.3 Å². The number of carbonyl (C=O) groups is 2. The Kier molecular flexibility index (Phi) is 4.80. The van der Waals surface area contributed by atoms with Gasteiger partial charge in [0.25, 0.3) is 0 Å². The molecule has 2 heterocycles. The zero-order valence-corrected chi connectivity index (χ0v) is 17.6. The second-order valence-electron chi connectivity index (χ2n) is 8.06. The summed E-state index contributed by atoms with van der Waals surface area (Å²) in [5.41, 5.74) is 3.76. The standard InChI is InChI=1S/C23H24N4O4/c1-4-17-13(3)16(7-8-25-17)14-5-6-18-15(9-14)10-19(20(28)29)27(18)23(11-12(23)2)21(24)26-22(30)31/h5-10,12H,4,11H2,1-3H3,(H2,24,26)(H,28,29)(H,30,31)/t12-,23-/m0/s1. The van der Waals surface area contributed by atoms with E-state index in [2.05, 4.69) is 17.2 Å². The van der Waals surface area contributed by atoms with Crippen molar-refractivity contribution in [2.75, 3.05) is 0 Å². The van der Waals surface area contributed by atoms with Crippen LogP contribution in [0.5, 0.6) is 0 Å². The number of pyridine rings is 1. The van der Waals surface area contributed by atoms with Gasteiger partial charge in [0.05, 0.1) is 0 Å². The number of hydrogen-bond acceptors (Lipinski definition) is 4. The quantitative estimate of drug-likeness (QED) is 0.362. The van der Waals surface area contributed by atoms with E-state index in [1.54, 1.807) is 16.8 Å². The van der Waals surface area contributed by atoms with Crippen molar-refractivity contribution < 1.29 is 19.8 Å². The molecule has 3 aromatic rings. The third kappa shape index (κ3) is 3.15. The monoisotopic (exact) mass is 420 g/mol. The Hall–Kier alpha value is -3.68. The molecule has 2 aromatic heterocycles. The lowest BCUT2D eigenvalue weighted by Crippen LogP contribution is -2.42. The third-order valence-electron chi connectivity index (χ3n) is 6.31. The van der Waals surface area contributed by atoms with Crippen LogP contribution < -0.4 is 5.32 Å². The molecule has 160 valence electrons. The maximum absolute atomic E-state index is 12.1. The SMILES string of the molecule is CCc1nccc(-c2ccc3c(c2)cc(C(=O)O)n3[C@@]2(C(=N)NC(=O)O)C[C@@H]2C)c1C. The van der Waals surface area contributed by atoms with E-state index in [1.807, 2.05) is 38.1 Å². The number of hydrogen-bond donors (Lipinski definition) is 4. The number of aromatic nitrogens is 2. The number of aryl methyl sites for hydroxylation is 1. The topological polar surface area (TPSA) is 128 Å². The summed E-state index contributed by atoms with van der Waals surface area (Å²) in [6.07, 6.45) is 1.75. The lowest BCUT2D eigenvalue weighted by Gasteiger charge is -2.23. The second kappa shape index (κ2) is 7.23. The fraction of sp³-hybridized carbons (Fsp3) is 0.304. The molecule has 8 heteroatoms. The molecular formula is C23H24N4O4. The Balaban J connectivity index is 1.90. The van der Waals surface area contributed by atoms with Crippen LogP contribution in [0.15, 0.2) is 36.5 Å². The van der Waals surface area contributed by atoms with Gasteiger partial charge in [0.15, 0.2) is 0 Å². The van der Waals surface area contributed by atoms with Gasteiger partial charge in [-0.05, 0) is 66.6 Å². The summed E-state index contributed by atoms with van der Waals surface area (Å²) in [5.74, 6) is -1.41. The molecule has 1 aliphatic carbocycles. The van der Waals surface area contributed by atoms with Gasteiger partial charge in [-0.3, -0.25) is 15.7 Å². The molecule has 1 amide bonds. The normalized spacial score (nSPS) is 19.9. The number of fused-ring (bicyclic) bond motifs is 1. The van der Waals surface area contributed by atoms with E-state index in [1.165, 1.54) is 0 Å². The Morgan fingerprint density at radius 1 is 1.29 bits per heavy atom. The number of carboxylic acids is 1. The zero-order chi connectivity index (χ0) is 22.5. The van der Waals surface area contributed by atoms with Crippen molar-refractivity contribution in [2.45, 2.75) is 39.2 Å². The summed E-state index contributed by atoms with van der Waals surface area (Å²) in [6.45, 7) is 5.97. The van der Waals surface area contributed by atoms with Crippen molar-refractivity contribution in [1.82, 2.24) is 14.9 Å². The van der Waals surface area contributed by atoms with E-state index in [9.17, 15) is 14.7 Å². The van der Waals surface area contributed by atoms with Crippen molar-refractivity contribution in [1.29, 1.82) is 5.41 Å². The average Bonchev–Trinajstić information content (AvgIpc) is 3.24. The van der Waals surface area contributed by atoms with Crippen molar-refractivity contribution in [3.05, 3.63) is 53.5 Å². The number of nitrogens with zero attached hydrogens (tertiary/aromatic N) is 2. The average molecular weight is 420 g/mol. The Morgan fingerprint density at radius 2 is 2.00 bits per heavy atom. The highest BCUT2D eigenvalue weighted by atomic mass is 16.4. The number of aromatic carboxylic acids is 1. The van der Waals surface area contributed by atoms with Crippen molar-refractivity contribution in [3.8, 4) is 11.1 Å². The molecule has 0 unspecified atom stereocenters. The first-order valence-corrected chi connectivity index (χ1v) is 10.1. The lowest BCUT2D eigenvalue weighted by atomic mass is 9.98. The Bertz CT molecular complexity index is 1250. The maximum Gasteiger partial charge on any atom is 0.410 e. The van der Waals surface area contributed by atoms with E-state index >= 15 is 0 Å². The molecule has 8 nitrogen and oxygen atoms in total. The van der Waals surface area contributed by atoms with Crippen LogP contribution in [0.1, 0.15) is 42.0 Å². The van der Waals surface area contributed by atoms with Gasteiger partial charge in [-0.2, -0.15) is 0 Å². The van der Waals surface area contributed by atoms with Crippen LogP contribution in [0.2, 0.25) is 0 Å². The van der Waals surface area contributed by atoms with Gasteiger partial charge in [0.1, 0.15) is 17.1 Å². The summed E-state index contributed by atoms with van der Waals surface area (Å²) in [4.78, 5) is 27.6. The van der Waals surface area contributed by atoms with E-state index < -0.39 is 17.6 Å². The fourth-order valence-corrected chi connectivity index (χ4v) is 4.61. The number of nitrogens with one attached hydrogen (secondary N) is 2. The Labute approximate surface area is 179 Å². The van der Waals surface area contributed by atoms with Gasteiger partial charge < -0.3 is 14.8 Å². The number of benzene rings is 1. The molecule has 0 bridgehead atoms. The van der Waals surface area contributed by atoms with Crippen molar-refractivity contribution >= 4 is 28.8 Å². The summed E-state index contributed by atoms with van der Waals surface area (Å²) >= 11 is 0. The molecule has 31 heavy (non-hydrogen) atoms. The predicted octanol–water partition coefficient (Wildman–Crippen LogP) is 4.25. The van der Waals surface area contributed by atoms with Gasteiger partial charge in [-0.1, -0.05) is 19.9 Å². The molecular weight excluding hydrogens is 396 g/mol. The van der Waals surface area contributed by atoms with Crippen LogP contribution in [-0.4, -0.2) is 37.7 Å². The minimum atomic E-state index is -1.33. The maximum atomic E-state index is 12.1. The molecule has 1 saturated carbocycles. The highest BCUT2D eigenvalue weighted by molar-refractivity contribution is 6.03. The fourth-order valence-electron chi connectivity index (χ4n) is 4.61. The molecule has 2 atom stereocenters. The summed E-state index contributed by atoms with van der Waals surface area (Å²) in [6, 6.07) is 9.26.